The number of halogens is 1. The number of aromatic nitrogens is 3. The summed E-state index contributed by atoms with van der Waals surface area (Å²) in [7, 11) is -2.83. The lowest BCUT2D eigenvalue weighted by Gasteiger charge is -2.22. The molecule has 1 fully saturated rings. The first-order valence-electron chi connectivity index (χ1n) is 5.76. The standard InChI is InChI=1S/C11H12IN3O2S/c12-8-1-2-11-10(7-8)13-14-15(11)9-3-5-18(16,17)6-4-9/h1-2,7,9H,3-6H2. The van der Waals surface area contributed by atoms with Gasteiger partial charge in [-0.3, -0.25) is 0 Å². The van der Waals surface area contributed by atoms with Crippen molar-refractivity contribution in [3.05, 3.63) is 21.8 Å². The van der Waals surface area contributed by atoms with Crippen molar-refractivity contribution in [3.8, 4) is 0 Å². The molecule has 5 nitrogen and oxygen atoms in total. The van der Waals surface area contributed by atoms with Gasteiger partial charge in [-0.05, 0) is 53.6 Å². The first kappa shape index (κ1) is 12.3. The molecule has 0 N–H and O–H groups in total. The van der Waals surface area contributed by atoms with Crippen molar-refractivity contribution in [2.45, 2.75) is 18.9 Å². The molecule has 18 heavy (non-hydrogen) atoms. The molecule has 7 heteroatoms. The summed E-state index contributed by atoms with van der Waals surface area (Å²) in [6, 6.07) is 6.15. The van der Waals surface area contributed by atoms with E-state index in [1.165, 1.54) is 0 Å². The molecule has 1 saturated heterocycles. The molecule has 0 aliphatic carbocycles. The Labute approximate surface area is 119 Å². The Balaban J connectivity index is 1.96. The van der Waals surface area contributed by atoms with E-state index in [2.05, 4.69) is 32.9 Å². The second-order valence-electron chi connectivity index (χ2n) is 4.55. The lowest BCUT2D eigenvalue weighted by atomic mass is 10.1. The Bertz CT molecular complexity index is 681. The largest absolute Gasteiger partial charge is 0.242 e. The number of rotatable bonds is 1. The van der Waals surface area contributed by atoms with Gasteiger partial charge in [-0.2, -0.15) is 0 Å². The maximum Gasteiger partial charge on any atom is 0.150 e. The zero-order valence-electron chi connectivity index (χ0n) is 9.58. The van der Waals surface area contributed by atoms with E-state index < -0.39 is 9.84 Å². The van der Waals surface area contributed by atoms with Crippen molar-refractivity contribution < 1.29 is 8.42 Å². The van der Waals surface area contributed by atoms with E-state index in [9.17, 15) is 8.42 Å². The number of sulfone groups is 1. The molecule has 0 saturated carbocycles. The zero-order chi connectivity index (χ0) is 12.8. The second kappa shape index (κ2) is 4.44. The third-order valence-corrected chi connectivity index (χ3v) is 5.69. The molecule has 0 radical (unpaired) electrons. The molecule has 1 aliphatic heterocycles. The Kier molecular flexibility index (Phi) is 3.05. The van der Waals surface area contributed by atoms with Crippen LogP contribution in [0.15, 0.2) is 18.2 Å². The van der Waals surface area contributed by atoms with E-state index in [4.69, 9.17) is 0 Å². The van der Waals surface area contributed by atoms with Crippen molar-refractivity contribution in [1.82, 2.24) is 15.0 Å². The Morgan fingerprint density at radius 1 is 1.28 bits per heavy atom. The zero-order valence-corrected chi connectivity index (χ0v) is 12.6. The maximum atomic E-state index is 11.4. The molecular weight excluding hydrogens is 365 g/mol. The van der Waals surface area contributed by atoms with Gasteiger partial charge in [0.25, 0.3) is 0 Å². The summed E-state index contributed by atoms with van der Waals surface area (Å²) in [4.78, 5) is 0. The summed E-state index contributed by atoms with van der Waals surface area (Å²) < 4.78 is 25.9. The molecular formula is C11H12IN3O2S. The van der Waals surface area contributed by atoms with Crippen molar-refractivity contribution in [1.29, 1.82) is 0 Å². The molecule has 0 bridgehead atoms. The van der Waals surface area contributed by atoms with Crippen LogP contribution in [0.5, 0.6) is 0 Å². The van der Waals surface area contributed by atoms with Crippen LogP contribution in [-0.2, 0) is 9.84 Å². The van der Waals surface area contributed by atoms with Crippen LogP contribution < -0.4 is 0 Å². The average Bonchev–Trinajstić information content (AvgIpc) is 2.72. The summed E-state index contributed by atoms with van der Waals surface area (Å²) in [5.74, 6) is 0.507. The summed E-state index contributed by atoms with van der Waals surface area (Å²) in [6.07, 6.45) is 1.26. The summed E-state index contributed by atoms with van der Waals surface area (Å²) >= 11 is 2.24. The van der Waals surface area contributed by atoms with Crippen molar-refractivity contribution in [2.24, 2.45) is 0 Å². The highest BCUT2D eigenvalue weighted by Crippen LogP contribution is 2.26. The fourth-order valence-electron chi connectivity index (χ4n) is 2.31. The minimum Gasteiger partial charge on any atom is -0.242 e. The van der Waals surface area contributed by atoms with Crippen LogP contribution in [-0.4, -0.2) is 34.9 Å². The molecule has 96 valence electrons. The maximum absolute atomic E-state index is 11.4. The van der Waals surface area contributed by atoms with Crippen LogP contribution in [0, 0.1) is 3.57 Å². The predicted molar refractivity (Wildman–Crippen MR) is 77.2 cm³/mol. The Morgan fingerprint density at radius 2 is 2.00 bits per heavy atom. The second-order valence-corrected chi connectivity index (χ2v) is 8.10. The van der Waals surface area contributed by atoms with Gasteiger partial charge in [-0.1, -0.05) is 5.21 Å². The topological polar surface area (TPSA) is 64.8 Å². The Morgan fingerprint density at radius 3 is 2.72 bits per heavy atom. The number of benzene rings is 1. The van der Waals surface area contributed by atoms with Gasteiger partial charge in [0.15, 0.2) is 0 Å². The number of hydrogen-bond acceptors (Lipinski definition) is 4. The molecule has 0 amide bonds. The van der Waals surface area contributed by atoms with Gasteiger partial charge in [0.2, 0.25) is 0 Å². The van der Waals surface area contributed by atoms with Gasteiger partial charge < -0.3 is 0 Å². The molecule has 1 aromatic carbocycles. The molecule has 2 aromatic rings. The van der Waals surface area contributed by atoms with Crippen LogP contribution in [0.3, 0.4) is 0 Å². The SMILES string of the molecule is O=S1(=O)CCC(n2nnc3cc(I)ccc32)CC1. The highest BCUT2D eigenvalue weighted by atomic mass is 127. The van der Waals surface area contributed by atoms with Gasteiger partial charge in [-0.25, -0.2) is 13.1 Å². The van der Waals surface area contributed by atoms with E-state index in [0.717, 1.165) is 14.6 Å². The van der Waals surface area contributed by atoms with E-state index >= 15 is 0 Å². The van der Waals surface area contributed by atoms with Gasteiger partial charge >= 0.3 is 0 Å². The predicted octanol–water partition coefficient (Wildman–Crippen LogP) is 1.79. The van der Waals surface area contributed by atoms with E-state index in [-0.39, 0.29) is 17.5 Å². The smallest absolute Gasteiger partial charge is 0.150 e. The highest BCUT2D eigenvalue weighted by molar-refractivity contribution is 14.1. The molecule has 1 aliphatic rings. The minimum absolute atomic E-state index is 0.151. The van der Waals surface area contributed by atoms with Crippen LogP contribution in [0.25, 0.3) is 11.0 Å². The summed E-state index contributed by atoms with van der Waals surface area (Å²) in [5.41, 5.74) is 1.86. The van der Waals surface area contributed by atoms with Gasteiger partial charge in [-0.15, -0.1) is 5.10 Å². The Hall–Kier alpha value is -0.700. The highest BCUT2D eigenvalue weighted by Gasteiger charge is 2.26. The van der Waals surface area contributed by atoms with Crippen LogP contribution in [0.2, 0.25) is 0 Å². The first-order chi connectivity index (χ1) is 8.55. The molecule has 0 spiro atoms. The van der Waals surface area contributed by atoms with Crippen LogP contribution in [0.4, 0.5) is 0 Å². The van der Waals surface area contributed by atoms with Crippen molar-refractivity contribution in [3.63, 3.8) is 0 Å². The molecule has 0 atom stereocenters. The van der Waals surface area contributed by atoms with Crippen LogP contribution in [0.1, 0.15) is 18.9 Å². The fraction of sp³-hybridized carbons (Fsp3) is 0.455. The third kappa shape index (κ3) is 2.25. The van der Waals surface area contributed by atoms with Gasteiger partial charge in [0.05, 0.1) is 23.1 Å². The molecule has 0 unspecified atom stereocenters. The number of fused-ring (bicyclic) bond motifs is 1. The third-order valence-electron chi connectivity index (χ3n) is 3.30. The monoisotopic (exact) mass is 377 g/mol. The average molecular weight is 377 g/mol. The minimum atomic E-state index is -2.83. The van der Waals surface area contributed by atoms with E-state index in [0.29, 0.717) is 12.8 Å². The molecule has 3 rings (SSSR count). The fourth-order valence-corrected chi connectivity index (χ4v) is 4.25. The normalized spacial score (nSPS) is 20.3. The molecule has 2 heterocycles. The van der Waals surface area contributed by atoms with Gasteiger partial charge in [0.1, 0.15) is 15.4 Å². The van der Waals surface area contributed by atoms with Crippen molar-refractivity contribution in [2.75, 3.05) is 11.5 Å². The summed E-state index contributed by atoms with van der Waals surface area (Å²) in [5, 5.41) is 8.33. The lowest BCUT2D eigenvalue weighted by Crippen LogP contribution is -2.26. The number of nitrogens with zero attached hydrogens (tertiary/aromatic N) is 3. The van der Waals surface area contributed by atoms with Crippen molar-refractivity contribution >= 4 is 43.5 Å². The molecule has 1 aromatic heterocycles. The lowest BCUT2D eigenvalue weighted by molar-refractivity contribution is 0.415. The van der Waals surface area contributed by atoms with Crippen LogP contribution >= 0.6 is 22.6 Å². The van der Waals surface area contributed by atoms with E-state index in [1.807, 2.05) is 22.9 Å². The quantitative estimate of drug-likeness (QED) is 0.711. The summed E-state index contributed by atoms with van der Waals surface area (Å²) in [6.45, 7) is 0. The van der Waals surface area contributed by atoms with Gasteiger partial charge in [0, 0.05) is 3.57 Å². The van der Waals surface area contributed by atoms with E-state index in [1.54, 1.807) is 0 Å². The number of hydrogen-bond donors (Lipinski definition) is 0. The first-order valence-corrected chi connectivity index (χ1v) is 8.66.